The van der Waals surface area contributed by atoms with E-state index in [0.29, 0.717) is 23.2 Å². The summed E-state index contributed by atoms with van der Waals surface area (Å²) in [6, 6.07) is 14.5. The number of rotatable bonds is 5. The summed E-state index contributed by atoms with van der Waals surface area (Å²) in [5.74, 6) is 1.17. The lowest BCUT2D eigenvalue weighted by molar-refractivity contribution is 0.173. The van der Waals surface area contributed by atoms with E-state index in [1.807, 2.05) is 18.2 Å². The number of benzene rings is 2. The molecule has 4 nitrogen and oxygen atoms in total. The molecule has 1 spiro atoms. The van der Waals surface area contributed by atoms with Crippen LogP contribution >= 0.6 is 23.2 Å². The van der Waals surface area contributed by atoms with E-state index < -0.39 is 0 Å². The third-order valence-electron chi connectivity index (χ3n) is 6.39. The lowest BCUT2D eigenvalue weighted by Crippen LogP contribution is -2.54. The normalized spacial score (nSPS) is 20.0. The van der Waals surface area contributed by atoms with Crippen LogP contribution in [0.1, 0.15) is 24.0 Å². The van der Waals surface area contributed by atoms with Crippen molar-refractivity contribution in [2.75, 3.05) is 45.3 Å². The Kier molecular flexibility index (Phi) is 6.69. The molecule has 1 fully saturated rings. The van der Waals surface area contributed by atoms with Crippen LogP contribution in [-0.2, 0) is 17.7 Å². The number of nitrogens with zero attached hydrogens (tertiary/aromatic N) is 3. The first-order valence-corrected chi connectivity index (χ1v) is 11.3. The molecule has 2 heterocycles. The van der Waals surface area contributed by atoms with Gasteiger partial charge in [0.05, 0.1) is 23.2 Å². The lowest BCUT2D eigenvalue weighted by atomic mass is 9.69. The Morgan fingerprint density at radius 1 is 1.07 bits per heavy atom. The molecule has 2 aromatic rings. The first-order chi connectivity index (χ1) is 14.5. The van der Waals surface area contributed by atoms with Gasteiger partial charge in [-0.1, -0.05) is 53.5 Å². The standard InChI is InChI=1S/C24H29Cl2N3O/c1-28-10-8-24(9-11-28)16-19-14-20(25)21(26)15-22(19)29(12-13-30-2)23(24)27-17-18-6-4-3-5-7-18/h3-7,14-15H,8-13,16-17H2,1-2H3. The summed E-state index contributed by atoms with van der Waals surface area (Å²) in [4.78, 5) is 9.97. The summed E-state index contributed by atoms with van der Waals surface area (Å²) in [5, 5.41) is 1.20. The number of likely N-dealkylation sites (tertiary alicyclic amines) is 1. The summed E-state index contributed by atoms with van der Waals surface area (Å²) < 4.78 is 5.45. The molecule has 0 unspecified atom stereocenters. The molecule has 0 atom stereocenters. The first kappa shape index (κ1) is 21.6. The Labute approximate surface area is 189 Å². The Hall–Kier alpha value is -1.59. The van der Waals surface area contributed by atoms with Gasteiger partial charge in [-0.3, -0.25) is 4.99 Å². The highest BCUT2D eigenvalue weighted by atomic mass is 35.5. The molecule has 160 valence electrons. The first-order valence-electron chi connectivity index (χ1n) is 10.5. The van der Waals surface area contributed by atoms with Crippen molar-refractivity contribution in [3.63, 3.8) is 0 Å². The molecular formula is C24H29Cl2N3O. The van der Waals surface area contributed by atoms with Gasteiger partial charge in [-0.2, -0.15) is 0 Å². The maximum Gasteiger partial charge on any atom is 0.110 e. The summed E-state index contributed by atoms with van der Waals surface area (Å²) in [7, 11) is 3.94. The molecule has 0 aromatic heterocycles. The van der Waals surface area contributed by atoms with Crippen molar-refractivity contribution in [3.8, 4) is 0 Å². The fourth-order valence-electron chi connectivity index (χ4n) is 4.67. The van der Waals surface area contributed by atoms with Crippen LogP contribution in [0.2, 0.25) is 10.0 Å². The zero-order chi connectivity index (χ0) is 21.1. The third-order valence-corrected chi connectivity index (χ3v) is 7.11. The van der Waals surface area contributed by atoms with Crippen molar-refractivity contribution in [1.29, 1.82) is 0 Å². The number of methoxy groups -OCH3 is 1. The van der Waals surface area contributed by atoms with E-state index in [1.165, 1.54) is 17.0 Å². The summed E-state index contributed by atoms with van der Waals surface area (Å²) in [6.45, 7) is 4.18. The minimum absolute atomic E-state index is 0.0131. The minimum Gasteiger partial charge on any atom is -0.383 e. The van der Waals surface area contributed by atoms with Crippen LogP contribution in [0.15, 0.2) is 47.5 Å². The van der Waals surface area contributed by atoms with E-state index in [1.54, 1.807) is 7.11 Å². The molecule has 0 amide bonds. The molecule has 0 bridgehead atoms. The molecule has 4 rings (SSSR count). The second kappa shape index (κ2) is 9.27. The van der Waals surface area contributed by atoms with Crippen LogP contribution in [0.5, 0.6) is 0 Å². The lowest BCUT2D eigenvalue weighted by Gasteiger charge is -2.49. The number of ether oxygens (including phenoxy) is 1. The number of fused-ring (bicyclic) bond motifs is 1. The Bertz CT molecular complexity index is 908. The van der Waals surface area contributed by atoms with Crippen molar-refractivity contribution in [3.05, 3.63) is 63.6 Å². The zero-order valence-corrected chi connectivity index (χ0v) is 19.2. The Morgan fingerprint density at radius 3 is 2.47 bits per heavy atom. The average molecular weight is 446 g/mol. The molecule has 0 aliphatic carbocycles. The maximum absolute atomic E-state index is 6.43. The largest absolute Gasteiger partial charge is 0.383 e. The minimum atomic E-state index is 0.0131. The van der Waals surface area contributed by atoms with Crippen molar-refractivity contribution < 1.29 is 4.74 Å². The number of anilines is 1. The maximum atomic E-state index is 6.43. The highest BCUT2D eigenvalue weighted by Crippen LogP contribution is 2.46. The summed E-state index contributed by atoms with van der Waals surface area (Å²) in [5.41, 5.74) is 3.60. The van der Waals surface area contributed by atoms with Crippen molar-refractivity contribution in [2.45, 2.75) is 25.8 Å². The fourth-order valence-corrected chi connectivity index (χ4v) is 5.02. The van der Waals surface area contributed by atoms with E-state index >= 15 is 0 Å². The van der Waals surface area contributed by atoms with Gasteiger partial charge < -0.3 is 14.5 Å². The zero-order valence-electron chi connectivity index (χ0n) is 17.7. The molecule has 0 saturated carbocycles. The second-order valence-corrected chi connectivity index (χ2v) is 9.24. The third kappa shape index (κ3) is 4.38. The number of amidine groups is 1. The molecule has 0 radical (unpaired) electrons. The quantitative estimate of drug-likeness (QED) is 0.623. The van der Waals surface area contributed by atoms with E-state index in [2.05, 4.69) is 41.1 Å². The van der Waals surface area contributed by atoms with E-state index in [4.69, 9.17) is 32.9 Å². The Balaban J connectivity index is 1.80. The van der Waals surface area contributed by atoms with Gasteiger partial charge in [0.2, 0.25) is 0 Å². The molecular weight excluding hydrogens is 417 g/mol. The second-order valence-electron chi connectivity index (χ2n) is 8.43. The van der Waals surface area contributed by atoms with Gasteiger partial charge >= 0.3 is 0 Å². The van der Waals surface area contributed by atoms with Crippen molar-refractivity contribution in [1.82, 2.24) is 4.90 Å². The Morgan fingerprint density at radius 2 is 1.77 bits per heavy atom. The molecule has 2 aliphatic rings. The molecule has 0 N–H and O–H groups in total. The molecule has 2 aromatic carbocycles. The van der Waals surface area contributed by atoms with Crippen LogP contribution in [0.4, 0.5) is 5.69 Å². The molecule has 2 aliphatic heterocycles. The van der Waals surface area contributed by atoms with Crippen molar-refractivity contribution >= 4 is 34.7 Å². The summed E-state index contributed by atoms with van der Waals surface area (Å²) >= 11 is 12.8. The monoisotopic (exact) mass is 445 g/mol. The number of hydrogen-bond donors (Lipinski definition) is 0. The topological polar surface area (TPSA) is 28.1 Å². The van der Waals surface area contributed by atoms with Gasteiger partial charge in [-0.05, 0) is 62.7 Å². The average Bonchev–Trinajstić information content (AvgIpc) is 2.75. The number of piperidine rings is 1. The predicted octanol–water partition coefficient (Wildman–Crippen LogP) is 5.31. The van der Waals surface area contributed by atoms with Crippen LogP contribution in [0.3, 0.4) is 0 Å². The van der Waals surface area contributed by atoms with Gasteiger partial charge in [-0.15, -0.1) is 0 Å². The van der Waals surface area contributed by atoms with E-state index in [9.17, 15) is 0 Å². The molecule has 1 saturated heterocycles. The fraction of sp³-hybridized carbons (Fsp3) is 0.458. The number of halogens is 2. The number of hydrogen-bond acceptors (Lipinski definition) is 3. The van der Waals surface area contributed by atoms with Gasteiger partial charge in [0.15, 0.2) is 0 Å². The molecule has 6 heteroatoms. The van der Waals surface area contributed by atoms with E-state index in [0.717, 1.165) is 44.6 Å². The SMILES string of the molecule is COCCN1C(=NCc2ccccc2)C2(CCN(C)CC2)Cc2cc(Cl)c(Cl)cc21. The van der Waals surface area contributed by atoms with Crippen molar-refractivity contribution in [2.24, 2.45) is 10.4 Å². The molecule has 30 heavy (non-hydrogen) atoms. The van der Waals surface area contributed by atoms with Gasteiger partial charge in [-0.25, -0.2) is 0 Å². The van der Waals surface area contributed by atoms with Crippen LogP contribution in [-0.4, -0.2) is 51.1 Å². The summed E-state index contributed by atoms with van der Waals surface area (Å²) in [6.07, 6.45) is 3.12. The van der Waals surface area contributed by atoms with E-state index in [-0.39, 0.29) is 5.41 Å². The highest BCUT2D eigenvalue weighted by molar-refractivity contribution is 6.42. The predicted molar refractivity (Wildman–Crippen MR) is 126 cm³/mol. The van der Waals surface area contributed by atoms with Crippen LogP contribution < -0.4 is 4.90 Å². The number of aliphatic imine (C=N–C) groups is 1. The van der Waals surface area contributed by atoms with Crippen LogP contribution in [0, 0.1) is 5.41 Å². The van der Waals surface area contributed by atoms with Crippen LogP contribution in [0.25, 0.3) is 0 Å². The van der Waals surface area contributed by atoms with Gasteiger partial charge in [0.25, 0.3) is 0 Å². The van der Waals surface area contributed by atoms with Gasteiger partial charge in [0, 0.05) is 24.8 Å². The smallest absolute Gasteiger partial charge is 0.110 e. The highest BCUT2D eigenvalue weighted by Gasteiger charge is 2.45. The van der Waals surface area contributed by atoms with Gasteiger partial charge in [0.1, 0.15) is 5.84 Å².